The van der Waals surface area contributed by atoms with E-state index in [1.54, 1.807) is 26.8 Å². The molecule has 6 nitrogen and oxygen atoms in total. The van der Waals surface area contributed by atoms with Gasteiger partial charge in [0, 0.05) is 6.54 Å². The van der Waals surface area contributed by atoms with E-state index in [9.17, 15) is 14.7 Å². The quantitative estimate of drug-likeness (QED) is 0.514. The number of carboxylic acids is 1. The monoisotopic (exact) mass is 471 g/mol. The molecule has 2 aromatic rings. The fraction of sp³-hybridized carbons (Fsp3) is 0.385. The van der Waals surface area contributed by atoms with Gasteiger partial charge in [-0.2, -0.15) is 0 Å². The van der Waals surface area contributed by atoms with Crippen molar-refractivity contribution in [3.8, 4) is 5.75 Å². The predicted octanol–water partition coefficient (Wildman–Crippen LogP) is 5.83. The molecule has 176 valence electrons. The lowest BCUT2D eigenvalue weighted by Crippen LogP contribution is -2.41. The average Bonchev–Trinajstić information content (AvgIpc) is 2.76. The van der Waals surface area contributed by atoms with E-state index < -0.39 is 17.7 Å². The first-order valence-corrected chi connectivity index (χ1v) is 11.4. The molecular weight excluding hydrogens is 442 g/mol. The highest BCUT2D eigenvalue weighted by molar-refractivity contribution is 6.32. The summed E-state index contributed by atoms with van der Waals surface area (Å²) in [5, 5.41) is 10.4. The average molecular weight is 472 g/mol. The van der Waals surface area contributed by atoms with Crippen LogP contribution in [-0.4, -0.2) is 47.4 Å². The molecule has 1 amide bonds. The highest BCUT2D eigenvalue weighted by Crippen LogP contribution is 2.29. The smallest absolute Gasteiger partial charge is 0.410 e. The van der Waals surface area contributed by atoms with Crippen molar-refractivity contribution in [2.75, 3.05) is 19.7 Å². The van der Waals surface area contributed by atoms with Crippen molar-refractivity contribution in [3.63, 3.8) is 0 Å². The lowest BCUT2D eigenvalue weighted by molar-refractivity contribution is -0.132. The Hall–Kier alpha value is -2.99. The van der Waals surface area contributed by atoms with E-state index in [2.05, 4.69) is 0 Å². The van der Waals surface area contributed by atoms with Crippen LogP contribution in [0.2, 0.25) is 5.02 Å². The Labute approximate surface area is 199 Å². The van der Waals surface area contributed by atoms with Crippen molar-refractivity contribution >= 4 is 29.2 Å². The molecule has 0 unspecified atom stereocenters. The maximum absolute atomic E-state index is 12.4. The van der Waals surface area contributed by atoms with Gasteiger partial charge in [-0.25, -0.2) is 9.59 Å². The number of hydrogen-bond acceptors (Lipinski definition) is 4. The fourth-order valence-corrected chi connectivity index (χ4v) is 3.84. The number of amides is 1. The minimum atomic E-state index is -1.01. The number of benzene rings is 2. The number of hydrogen-bond donors (Lipinski definition) is 1. The zero-order valence-corrected chi connectivity index (χ0v) is 20.0. The number of carboxylic acid groups (broad SMARTS) is 1. The molecule has 0 spiro atoms. The number of rotatable bonds is 7. The van der Waals surface area contributed by atoms with E-state index in [0.29, 0.717) is 30.3 Å². The minimum absolute atomic E-state index is 0.0285. The number of ether oxygens (including phenoxy) is 2. The molecule has 7 heteroatoms. The molecule has 0 radical (unpaired) electrons. The number of aryl methyl sites for hydroxylation is 1. The largest absolute Gasteiger partial charge is 0.492 e. The Bertz CT molecular complexity index is 1020. The predicted molar refractivity (Wildman–Crippen MR) is 129 cm³/mol. The molecule has 0 saturated heterocycles. The third-order valence-electron chi connectivity index (χ3n) is 5.26. The van der Waals surface area contributed by atoms with Crippen LogP contribution in [0.5, 0.6) is 5.75 Å². The number of halogens is 1. The molecule has 0 fully saturated rings. The molecule has 0 aromatic heterocycles. The zero-order chi connectivity index (χ0) is 24.0. The lowest BCUT2D eigenvalue weighted by Gasteiger charge is -2.31. The fourth-order valence-electron chi connectivity index (χ4n) is 3.65. The molecule has 1 N–H and O–H groups in total. The maximum atomic E-state index is 12.4. The second-order valence-corrected chi connectivity index (χ2v) is 9.40. The van der Waals surface area contributed by atoms with Crippen LogP contribution >= 0.6 is 11.6 Å². The molecule has 33 heavy (non-hydrogen) atoms. The lowest BCUT2D eigenvalue weighted by atomic mass is 9.92. The standard InChI is InChI=1S/C26H30ClNO5/c1-26(2,3)33-25(31)28-15-14-20(21(17-28)24(29)30)19-12-10-18(11-13-19)7-6-16-32-23-9-5-4-8-22(23)27/h4-5,8-13H,6-7,14-17H2,1-3H3,(H,29,30). The van der Waals surface area contributed by atoms with Gasteiger partial charge in [-0.15, -0.1) is 0 Å². The molecule has 0 saturated carbocycles. The van der Waals surface area contributed by atoms with Gasteiger partial charge in [0.1, 0.15) is 11.4 Å². The van der Waals surface area contributed by atoms with Crippen LogP contribution < -0.4 is 4.74 Å². The summed E-state index contributed by atoms with van der Waals surface area (Å²) >= 11 is 6.10. The van der Waals surface area contributed by atoms with Crippen molar-refractivity contribution in [1.29, 1.82) is 0 Å². The summed E-state index contributed by atoms with van der Waals surface area (Å²) in [6, 6.07) is 15.3. The van der Waals surface area contributed by atoms with Crippen molar-refractivity contribution < 1.29 is 24.2 Å². The van der Waals surface area contributed by atoms with Crippen molar-refractivity contribution in [1.82, 2.24) is 4.90 Å². The molecule has 0 aliphatic carbocycles. The van der Waals surface area contributed by atoms with Crippen molar-refractivity contribution in [3.05, 3.63) is 70.3 Å². The summed E-state index contributed by atoms with van der Waals surface area (Å²) in [7, 11) is 0. The summed E-state index contributed by atoms with van der Waals surface area (Å²) in [6.07, 6.45) is 1.64. The molecule has 0 atom stereocenters. The van der Waals surface area contributed by atoms with E-state index in [1.807, 2.05) is 42.5 Å². The van der Waals surface area contributed by atoms with Crippen LogP contribution in [0.4, 0.5) is 4.79 Å². The number of carbonyl (C=O) groups excluding carboxylic acids is 1. The molecule has 0 bridgehead atoms. The van der Waals surface area contributed by atoms with Crippen LogP contribution in [0.3, 0.4) is 0 Å². The number of carbonyl (C=O) groups is 2. The highest BCUT2D eigenvalue weighted by atomic mass is 35.5. The van der Waals surface area contributed by atoms with Crippen LogP contribution in [0, 0.1) is 0 Å². The van der Waals surface area contributed by atoms with Gasteiger partial charge in [0.2, 0.25) is 0 Å². The van der Waals surface area contributed by atoms with E-state index in [-0.39, 0.29) is 12.1 Å². The summed E-state index contributed by atoms with van der Waals surface area (Å²) in [5.41, 5.74) is 2.37. The number of nitrogens with zero attached hydrogens (tertiary/aromatic N) is 1. The highest BCUT2D eigenvalue weighted by Gasteiger charge is 2.30. The maximum Gasteiger partial charge on any atom is 0.410 e. The number of aliphatic carboxylic acids is 1. The summed E-state index contributed by atoms with van der Waals surface area (Å²) < 4.78 is 11.1. The van der Waals surface area contributed by atoms with Gasteiger partial charge in [0.25, 0.3) is 0 Å². The Morgan fingerprint density at radius 3 is 2.42 bits per heavy atom. The van der Waals surface area contributed by atoms with E-state index in [1.165, 1.54) is 4.90 Å². The number of para-hydroxylation sites is 1. The van der Waals surface area contributed by atoms with Crippen LogP contribution in [0.1, 0.15) is 44.7 Å². The Balaban J connectivity index is 1.61. The molecule has 1 aliphatic heterocycles. The Morgan fingerprint density at radius 1 is 1.09 bits per heavy atom. The SMILES string of the molecule is CC(C)(C)OC(=O)N1CCC(c2ccc(CCCOc3ccccc3Cl)cc2)=C(C(=O)O)C1. The Kier molecular flexibility index (Phi) is 8.03. The Morgan fingerprint density at radius 2 is 1.79 bits per heavy atom. The second kappa shape index (κ2) is 10.8. The summed E-state index contributed by atoms with van der Waals surface area (Å²) in [5.74, 6) is -0.334. The zero-order valence-electron chi connectivity index (χ0n) is 19.3. The first-order chi connectivity index (χ1) is 15.6. The van der Waals surface area contributed by atoms with Gasteiger partial charge >= 0.3 is 12.1 Å². The third-order valence-corrected chi connectivity index (χ3v) is 5.57. The van der Waals surface area contributed by atoms with Crippen LogP contribution in [0.25, 0.3) is 5.57 Å². The molecule has 1 aliphatic rings. The first kappa shape index (κ1) is 24.6. The van der Waals surface area contributed by atoms with Crippen molar-refractivity contribution in [2.24, 2.45) is 0 Å². The van der Waals surface area contributed by atoms with E-state index >= 15 is 0 Å². The van der Waals surface area contributed by atoms with Gasteiger partial charge in [-0.3, -0.25) is 0 Å². The van der Waals surface area contributed by atoms with Gasteiger partial charge in [-0.1, -0.05) is 48.0 Å². The van der Waals surface area contributed by atoms with Crippen LogP contribution in [0.15, 0.2) is 54.1 Å². The minimum Gasteiger partial charge on any atom is -0.492 e. The molecular formula is C26H30ClNO5. The second-order valence-electron chi connectivity index (χ2n) is 8.99. The molecule has 2 aromatic carbocycles. The molecule has 1 heterocycles. The van der Waals surface area contributed by atoms with Crippen LogP contribution in [-0.2, 0) is 16.0 Å². The van der Waals surface area contributed by atoms with Gasteiger partial charge in [0.15, 0.2) is 0 Å². The van der Waals surface area contributed by atoms with Gasteiger partial charge in [-0.05, 0) is 68.9 Å². The molecule has 3 rings (SSSR count). The normalized spacial score (nSPS) is 14.2. The summed E-state index contributed by atoms with van der Waals surface area (Å²) in [4.78, 5) is 25.7. The van der Waals surface area contributed by atoms with E-state index in [0.717, 1.165) is 29.5 Å². The third kappa shape index (κ3) is 6.99. The van der Waals surface area contributed by atoms with E-state index in [4.69, 9.17) is 21.1 Å². The topological polar surface area (TPSA) is 76.1 Å². The van der Waals surface area contributed by atoms with Gasteiger partial charge < -0.3 is 19.5 Å². The van der Waals surface area contributed by atoms with Gasteiger partial charge in [0.05, 0.1) is 23.7 Å². The summed E-state index contributed by atoms with van der Waals surface area (Å²) in [6.45, 7) is 6.37. The van der Waals surface area contributed by atoms with Crippen molar-refractivity contribution in [2.45, 2.75) is 45.6 Å². The first-order valence-electron chi connectivity index (χ1n) is 11.0.